The van der Waals surface area contributed by atoms with Crippen LogP contribution >= 0.6 is 34.2 Å². The number of carbonyl (C=O) groups excluding carboxylic acids is 1. The number of rotatable bonds is 2. The molecule has 0 spiro atoms. The lowest BCUT2D eigenvalue weighted by molar-refractivity contribution is 0.0518. The first-order valence-electron chi connectivity index (χ1n) is 4.64. The highest BCUT2D eigenvalue weighted by molar-refractivity contribution is 14.1. The van der Waals surface area contributed by atoms with Crippen LogP contribution in [0.2, 0.25) is 5.02 Å². The van der Waals surface area contributed by atoms with Crippen molar-refractivity contribution in [2.75, 3.05) is 6.61 Å². The first-order chi connectivity index (χ1) is 7.63. The Bertz CT molecular complexity index is 553. The molecule has 2 aromatic rings. The van der Waals surface area contributed by atoms with Crippen LogP contribution in [0.5, 0.6) is 0 Å². The van der Waals surface area contributed by atoms with Crippen LogP contribution in [0.1, 0.15) is 17.4 Å². The highest BCUT2D eigenvalue weighted by Crippen LogP contribution is 2.21. The van der Waals surface area contributed by atoms with Crippen LogP contribution in [-0.4, -0.2) is 22.2 Å². The largest absolute Gasteiger partial charge is 0.461 e. The number of pyridine rings is 1. The van der Waals surface area contributed by atoms with E-state index in [2.05, 4.69) is 27.7 Å². The third kappa shape index (κ3) is 2.01. The number of esters is 1. The minimum Gasteiger partial charge on any atom is -0.461 e. The first kappa shape index (κ1) is 11.7. The average molecular weight is 351 g/mol. The van der Waals surface area contributed by atoms with Crippen LogP contribution in [0.15, 0.2) is 18.3 Å². The summed E-state index contributed by atoms with van der Waals surface area (Å²) in [6.45, 7) is 2.10. The van der Waals surface area contributed by atoms with Crippen LogP contribution in [0, 0.1) is 3.57 Å². The van der Waals surface area contributed by atoms with Crippen LogP contribution in [-0.2, 0) is 4.74 Å². The van der Waals surface area contributed by atoms with Crippen molar-refractivity contribution in [3.05, 3.63) is 32.6 Å². The standard InChI is InChI=1S/C10H8ClIN2O2/c1-2-16-10(15)9-8(12)7-5-6(11)3-4-14(7)13-9/h3-5H,2H2,1H3. The fraction of sp³-hybridized carbons (Fsp3) is 0.200. The summed E-state index contributed by atoms with van der Waals surface area (Å²) in [6.07, 6.45) is 1.71. The van der Waals surface area contributed by atoms with Gasteiger partial charge in [0.2, 0.25) is 0 Å². The quantitative estimate of drug-likeness (QED) is 0.618. The molecular weight excluding hydrogens is 342 g/mol. The molecule has 2 aromatic heterocycles. The van der Waals surface area contributed by atoms with E-state index in [0.29, 0.717) is 17.3 Å². The molecule has 0 saturated carbocycles. The number of fused-ring (bicyclic) bond motifs is 1. The Morgan fingerprint density at radius 1 is 1.69 bits per heavy atom. The van der Waals surface area contributed by atoms with Crippen molar-refractivity contribution in [1.82, 2.24) is 9.61 Å². The minimum absolute atomic E-state index is 0.324. The molecule has 0 saturated heterocycles. The van der Waals surface area contributed by atoms with E-state index in [1.807, 2.05) is 0 Å². The van der Waals surface area contributed by atoms with Gasteiger partial charge >= 0.3 is 5.97 Å². The number of halogens is 2. The third-order valence-corrected chi connectivity index (χ3v) is 3.30. The number of hydrogen-bond acceptors (Lipinski definition) is 3. The molecule has 0 fully saturated rings. The van der Waals surface area contributed by atoms with E-state index < -0.39 is 5.97 Å². The zero-order chi connectivity index (χ0) is 11.7. The molecule has 0 aliphatic rings. The normalized spacial score (nSPS) is 10.7. The fourth-order valence-electron chi connectivity index (χ4n) is 1.32. The number of ether oxygens (including phenoxy) is 1. The predicted molar refractivity (Wildman–Crippen MR) is 68.9 cm³/mol. The van der Waals surface area contributed by atoms with Crippen LogP contribution in [0.4, 0.5) is 0 Å². The van der Waals surface area contributed by atoms with E-state index >= 15 is 0 Å². The molecule has 0 aliphatic carbocycles. The van der Waals surface area contributed by atoms with Crippen molar-refractivity contribution in [1.29, 1.82) is 0 Å². The average Bonchev–Trinajstić information content (AvgIpc) is 2.57. The van der Waals surface area contributed by atoms with Gasteiger partial charge in [-0.15, -0.1) is 0 Å². The van der Waals surface area contributed by atoms with E-state index in [-0.39, 0.29) is 0 Å². The van der Waals surface area contributed by atoms with Gasteiger partial charge in [0.25, 0.3) is 0 Å². The maximum absolute atomic E-state index is 11.6. The Hall–Kier alpha value is -0.820. The van der Waals surface area contributed by atoms with Crippen molar-refractivity contribution < 1.29 is 9.53 Å². The van der Waals surface area contributed by atoms with Gasteiger partial charge < -0.3 is 4.74 Å². The lowest BCUT2D eigenvalue weighted by Gasteiger charge is -1.96. The maximum atomic E-state index is 11.6. The van der Waals surface area contributed by atoms with Gasteiger partial charge in [-0.1, -0.05) is 11.6 Å². The van der Waals surface area contributed by atoms with Crippen molar-refractivity contribution in [3.63, 3.8) is 0 Å². The molecule has 0 unspecified atom stereocenters. The van der Waals surface area contributed by atoms with Crippen molar-refractivity contribution in [2.45, 2.75) is 6.92 Å². The summed E-state index contributed by atoms with van der Waals surface area (Å²) in [5.41, 5.74) is 1.13. The molecule has 6 heteroatoms. The second-order valence-electron chi connectivity index (χ2n) is 3.06. The van der Waals surface area contributed by atoms with Crippen LogP contribution < -0.4 is 0 Å². The summed E-state index contributed by atoms with van der Waals surface area (Å²) in [5, 5.41) is 4.76. The Kier molecular flexibility index (Phi) is 3.34. The van der Waals surface area contributed by atoms with Gasteiger partial charge in [-0.2, -0.15) is 5.10 Å². The molecular formula is C10H8ClIN2O2. The molecule has 2 rings (SSSR count). The fourth-order valence-corrected chi connectivity index (χ4v) is 2.21. The molecule has 2 heterocycles. The number of nitrogens with zero attached hydrogens (tertiary/aromatic N) is 2. The number of aromatic nitrogens is 2. The second kappa shape index (κ2) is 4.58. The van der Waals surface area contributed by atoms with Crippen LogP contribution in [0.25, 0.3) is 5.52 Å². The second-order valence-corrected chi connectivity index (χ2v) is 4.57. The molecule has 0 N–H and O–H groups in total. The van der Waals surface area contributed by atoms with Gasteiger partial charge in [0.15, 0.2) is 5.69 Å². The van der Waals surface area contributed by atoms with E-state index in [1.54, 1.807) is 29.8 Å². The SMILES string of the molecule is CCOC(=O)c1nn2ccc(Cl)cc2c1I. The summed E-state index contributed by atoms with van der Waals surface area (Å²) in [6, 6.07) is 3.48. The summed E-state index contributed by atoms with van der Waals surface area (Å²) in [4.78, 5) is 11.6. The predicted octanol–water partition coefficient (Wildman–Crippen LogP) is 2.77. The number of carbonyl (C=O) groups is 1. The molecule has 16 heavy (non-hydrogen) atoms. The van der Waals surface area contributed by atoms with E-state index in [0.717, 1.165) is 9.09 Å². The van der Waals surface area contributed by atoms with Crippen molar-refractivity contribution >= 4 is 45.7 Å². The Morgan fingerprint density at radius 2 is 2.44 bits per heavy atom. The number of hydrogen-bond donors (Lipinski definition) is 0. The van der Waals surface area contributed by atoms with E-state index in [9.17, 15) is 4.79 Å². The minimum atomic E-state index is -0.410. The summed E-state index contributed by atoms with van der Waals surface area (Å²) >= 11 is 7.94. The summed E-state index contributed by atoms with van der Waals surface area (Å²) in [7, 11) is 0. The van der Waals surface area contributed by atoms with E-state index in [1.165, 1.54) is 0 Å². The van der Waals surface area contributed by atoms with Crippen molar-refractivity contribution in [2.24, 2.45) is 0 Å². The van der Waals surface area contributed by atoms with Gasteiger partial charge in [0.1, 0.15) is 0 Å². The summed E-state index contributed by atoms with van der Waals surface area (Å²) in [5.74, 6) is -0.410. The van der Waals surface area contributed by atoms with Crippen LogP contribution in [0.3, 0.4) is 0 Å². The zero-order valence-electron chi connectivity index (χ0n) is 8.41. The van der Waals surface area contributed by atoms with E-state index in [4.69, 9.17) is 16.3 Å². The third-order valence-electron chi connectivity index (χ3n) is 2.01. The lowest BCUT2D eigenvalue weighted by Crippen LogP contribution is -2.06. The Labute approximate surface area is 111 Å². The zero-order valence-corrected chi connectivity index (χ0v) is 11.3. The maximum Gasteiger partial charge on any atom is 0.359 e. The van der Waals surface area contributed by atoms with Gasteiger partial charge in [-0.05, 0) is 41.6 Å². The molecule has 0 amide bonds. The van der Waals surface area contributed by atoms with Gasteiger partial charge in [-0.25, -0.2) is 9.31 Å². The molecule has 0 radical (unpaired) electrons. The van der Waals surface area contributed by atoms with Crippen molar-refractivity contribution in [3.8, 4) is 0 Å². The highest BCUT2D eigenvalue weighted by atomic mass is 127. The molecule has 4 nitrogen and oxygen atoms in total. The van der Waals surface area contributed by atoms with Gasteiger partial charge in [-0.3, -0.25) is 0 Å². The van der Waals surface area contributed by atoms with Gasteiger partial charge in [0.05, 0.1) is 15.7 Å². The molecule has 84 valence electrons. The Morgan fingerprint density at radius 3 is 3.12 bits per heavy atom. The molecule has 0 aromatic carbocycles. The van der Waals surface area contributed by atoms with Gasteiger partial charge in [0, 0.05) is 11.2 Å². The smallest absolute Gasteiger partial charge is 0.359 e. The molecule has 0 aliphatic heterocycles. The molecule has 0 atom stereocenters. The lowest BCUT2D eigenvalue weighted by atomic mass is 10.3. The topological polar surface area (TPSA) is 43.6 Å². The summed E-state index contributed by atoms with van der Waals surface area (Å²) < 4.78 is 7.28. The first-order valence-corrected chi connectivity index (χ1v) is 6.09. The monoisotopic (exact) mass is 350 g/mol. The molecule has 0 bridgehead atoms. The highest BCUT2D eigenvalue weighted by Gasteiger charge is 2.18. The Balaban J connectivity index is 2.56.